The monoisotopic (exact) mass is 404 g/mol. The van der Waals surface area contributed by atoms with Gasteiger partial charge in [0, 0.05) is 22.6 Å². The van der Waals surface area contributed by atoms with Crippen LogP contribution in [0.2, 0.25) is 0 Å². The lowest BCUT2D eigenvalue weighted by Gasteiger charge is -2.25. The van der Waals surface area contributed by atoms with Crippen molar-refractivity contribution in [3.8, 4) is 0 Å². The van der Waals surface area contributed by atoms with Gasteiger partial charge in [0.15, 0.2) is 0 Å². The summed E-state index contributed by atoms with van der Waals surface area (Å²) in [6.07, 6.45) is 0. The van der Waals surface area contributed by atoms with Crippen molar-refractivity contribution in [2.24, 2.45) is 0 Å². The van der Waals surface area contributed by atoms with Gasteiger partial charge in [0.2, 0.25) is 3.79 Å². The molecule has 0 fully saturated rings. The molecular formula is C15H11Cl3N2O3S. The molecule has 0 saturated carbocycles. The molecule has 0 aliphatic heterocycles. The van der Waals surface area contributed by atoms with E-state index in [1.54, 1.807) is 0 Å². The molecule has 2 aromatic carbocycles. The maximum absolute atomic E-state index is 12.3. The predicted molar refractivity (Wildman–Crippen MR) is 96.9 cm³/mol. The van der Waals surface area contributed by atoms with Crippen molar-refractivity contribution >= 4 is 58.2 Å². The number of amides is 1. The molecule has 1 atom stereocenters. The second kappa shape index (κ2) is 8.07. The molecule has 1 amide bonds. The number of benzene rings is 2. The Morgan fingerprint density at radius 2 is 1.67 bits per heavy atom. The minimum atomic E-state index is -1.74. The van der Waals surface area contributed by atoms with Crippen LogP contribution in [0.4, 0.5) is 5.69 Å². The third-order valence-electron chi connectivity index (χ3n) is 2.90. The summed E-state index contributed by atoms with van der Waals surface area (Å²) in [6, 6.07) is 14.3. The third kappa shape index (κ3) is 5.27. The molecule has 126 valence electrons. The fraction of sp³-hybridized carbons (Fsp3) is 0.133. The van der Waals surface area contributed by atoms with Gasteiger partial charge >= 0.3 is 0 Å². The number of hydrogen-bond donors (Lipinski definition) is 1. The van der Waals surface area contributed by atoms with E-state index in [2.05, 4.69) is 5.32 Å². The van der Waals surface area contributed by atoms with Crippen molar-refractivity contribution in [3.05, 3.63) is 70.3 Å². The number of rotatable bonds is 5. The third-order valence-corrected chi connectivity index (χ3v) is 5.19. The number of halogens is 3. The van der Waals surface area contributed by atoms with Crippen LogP contribution in [0.1, 0.15) is 10.4 Å². The zero-order valence-corrected chi connectivity index (χ0v) is 15.1. The SMILES string of the molecule is O=C(N[C@@H](Sc1ccccc1)C(Cl)(Cl)Cl)c1ccc([N+](=O)[O-])cc1. The molecule has 0 aliphatic carbocycles. The molecule has 0 aliphatic rings. The number of carbonyl (C=O) groups excluding carboxylic acids is 1. The number of nitro groups is 1. The molecule has 0 spiro atoms. The highest BCUT2D eigenvalue weighted by Crippen LogP contribution is 2.39. The Hall–Kier alpha value is -1.47. The van der Waals surface area contributed by atoms with E-state index in [1.807, 2.05) is 30.3 Å². The van der Waals surface area contributed by atoms with E-state index >= 15 is 0 Å². The van der Waals surface area contributed by atoms with Gasteiger partial charge in [-0.05, 0) is 24.3 Å². The Balaban J connectivity index is 2.14. The number of non-ortho nitro benzene ring substituents is 1. The van der Waals surface area contributed by atoms with Crippen molar-refractivity contribution in [1.29, 1.82) is 0 Å². The Labute approximate surface area is 157 Å². The van der Waals surface area contributed by atoms with Gasteiger partial charge in [-0.2, -0.15) is 0 Å². The van der Waals surface area contributed by atoms with Gasteiger partial charge in [0.1, 0.15) is 5.37 Å². The summed E-state index contributed by atoms with van der Waals surface area (Å²) in [5.74, 6) is -0.496. The Morgan fingerprint density at radius 3 is 2.17 bits per heavy atom. The number of hydrogen-bond acceptors (Lipinski definition) is 4. The highest BCUT2D eigenvalue weighted by Gasteiger charge is 2.35. The van der Waals surface area contributed by atoms with Gasteiger partial charge in [-0.3, -0.25) is 14.9 Å². The van der Waals surface area contributed by atoms with Crippen molar-refractivity contribution in [2.75, 3.05) is 0 Å². The molecule has 0 saturated heterocycles. The van der Waals surface area contributed by atoms with E-state index in [4.69, 9.17) is 34.8 Å². The second-order valence-corrected chi connectivity index (χ2v) is 8.18. The number of nitrogens with one attached hydrogen (secondary N) is 1. The fourth-order valence-electron chi connectivity index (χ4n) is 1.75. The van der Waals surface area contributed by atoms with Gasteiger partial charge < -0.3 is 5.32 Å². The Bertz CT molecular complexity index is 721. The molecule has 0 heterocycles. The van der Waals surface area contributed by atoms with Crippen molar-refractivity contribution in [2.45, 2.75) is 14.1 Å². The standard InChI is InChI=1S/C15H11Cl3N2O3S/c16-15(17,18)14(24-12-4-2-1-3-5-12)19-13(21)10-6-8-11(9-7-10)20(22)23/h1-9,14H,(H,19,21)/t14-/m0/s1. The zero-order chi connectivity index (χ0) is 17.7. The summed E-state index contributed by atoms with van der Waals surface area (Å²) in [5.41, 5.74) is 0.122. The summed E-state index contributed by atoms with van der Waals surface area (Å²) in [7, 11) is 0. The lowest BCUT2D eigenvalue weighted by atomic mass is 10.2. The largest absolute Gasteiger partial charge is 0.336 e. The Kier molecular flexibility index (Phi) is 6.34. The lowest BCUT2D eigenvalue weighted by Crippen LogP contribution is -2.41. The molecule has 9 heteroatoms. The lowest BCUT2D eigenvalue weighted by molar-refractivity contribution is -0.384. The van der Waals surface area contributed by atoms with Gasteiger partial charge in [0.05, 0.1) is 4.92 Å². The number of thioether (sulfide) groups is 1. The van der Waals surface area contributed by atoms with E-state index in [9.17, 15) is 14.9 Å². The molecule has 1 N–H and O–H groups in total. The molecular weight excluding hydrogens is 395 g/mol. The average molecular weight is 406 g/mol. The van der Waals surface area contributed by atoms with Crippen LogP contribution < -0.4 is 5.32 Å². The van der Waals surface area contributed by atoms with Crippen molar-refractivity contribution in [3.63, 3.8) is 0 Å². The van der Waals surface area contributed by atoms with Crippen LogP contribution >= 0.6 is 46.6 Å². The normalized spacial score (nSPS) is 12.5. The average Bonchev–Trinajstić information content (AvgIpc) is 2.54. The van der Waals surface area contributed by atoms with Gasteiger partial charge in [-0.1, -0.05) is 64.8 Å². The van der Waals surface area contributed by atoms with E-state index < -0.39 is 20.0 Å². The minimum absolute atomic E-state index is 0.108. The van der Waals surface area contributed by atoms with E-state index in [1.165, 1.54) is 36.0 Å². The molecule has 0 bridgehead atoms. The van der Waals surface area contributed by atoms with Crippen molar-refractivity contribution in [1.82, 2.24) is 5.32 Å². The van der Waals surface area contributed by atoms with Crippen LogP contribution in [0.15, 0.2) is 59.5 Å². The van der Waals surface area contributed by atoms with Crippen LogP contribution in [-0.2, 0) is 0 Å². The summed E-state index contributed by atoms with van der Waals surface area (Å²) in [4.78, 5) is 23.2. The molecule has 2 rings (SSSR count). The van der Waals surface area contributed by atoms with Crippen LogP contribution in [0.3, 0.4) is 0 Å². The minimum Gasteiger partial charge on any atom is -0.336 e. The van der Waals surface area contributed by atoms with E-state index in [-0.39, 0.29) is 11.3 Å². The zero-order valence-electron chi connectivity index (χ0n) is 12.0. The number of carbonyl (C=O) groups is 1. The molecule has 0 aromatic heterocycles. The van der Waals surface area contributed by atoms with Crippen LogP contribution in [0.25, 0.3) is 0 Å². The quantitative estimate of drug-likeness (QED) is 0.255. The molecule has 24 heavy (non-hydrogen) atoms. The second-order valence-electron chi connectivity index (χ2n) is 4.63. The first-order valence-corrected chi connectivity index (χ1v) is 8.62. The van der Waals surface area contributed by atoms with Crippen LogP contribution in [0.5, 0.6) is 0 Å². The maximum atomic E-state index is 12.3. The maximum Gasteiger partial charge on any atom is 0.269 e. The fourth-order valence-corrected chi connectivity index (χ4v) is 3.20. The highest BCUT2D eigenvalue weighted by atomic mass is 35.6. The summed E-state index contributed by atoms with van der Waals surface area (Å²) in [5, 5.41) is 12.4. The predicted octanol–water partition coefficient (Wildman–Crippen LogP) is 4.81. The number of alkyl halides is 3. The first-order chi connectivity index (χ1) is 11.3. The molecule has 0 radical (unpaired) electrons. The van der Waals surface area contributed by atoms with Crippen LogP contribution in [0, 0.1) is 10.1 Å². The number of nitrogens with zero attached hydrogens (tertiary/aromatic N) is 1. The van der Waals surface area contributed by atoms with Gasteiger partial charge in [0.25, 0.3) is 11.6 Å². The van der Waals surface area contributed by atoms with Gasteiger partial charge in [-0.15, -0.1) is 0 Å². The molecule has 5 nitrogen and oxygen atoms in total. The topological polar surface area (TPSA) is 72.2 Å². The number of nitro benzene ring substituents is 1. The molecule has 2 aromatic rings. The molecule has 0 unspecified atom stereocenters. The summed E-state index contributed by atoms with van der Waals surface area (Å²) in [6.45, 7) is 0. The Morgan fingerprint density at radius 1 is 1.08 bits per heavy atom. The first kappa shape index (κ1) is 18.9. The smallest absolute Gasteiger partial charge is 0.269 e. The summed E-state index contributed by atoms with van der Waals surface area (Å²) >= 11 is 19.1. The summed E-state index contributed by atoms with van der Waals surface area (Å²) < 4.78 is -1.74. The van der Waals surface area contributed by atoms with E-state index in [0.29, 0.717) is 0 Å². The van der Waals surface area contributed by atoms with E-state index in [0.717, 1.165) is 4.90 Å². The highest BCUT2D eigenvalue weighted by molar-refractivity contribution is 8.00. The first-order valence-electron chi connectivity index (χ1n) is 6.61. The van der Waals surface area contributed by atoms with Crippen LogP contribution in [-0.4, -0.2) is 20.0 Å². The van der Waals surface area contributed by atoms with Crippen molar-refractivity contribution < 1.29 is 9.72 Å². The van der Waals surface area contributed by atoms with Gasteiger partial charge in [-0.25, -0.2) is 0 Å².